The van der Waals surface area contributed by atoms with E-state index in [1.54, 1.807) is 6.92 Å². The first-order valence-electron chi connectivity index (χ1n) is 4.33. The summed E-state index contributed by atoms with van der Waals surface area (Å²) in [6, 6.07) is 1.85. The molecule has 1 heterocycles. The van der Waals surface area contributed by atoms with Crippen molar-refractivity contribution in [3.8, 4) is 0 Å². The third-order valence-electron chi connectivity index (χ3n) is 1.90. The molecular weight excluding hydrogens is 174 g/mol. The zero-order chi connectivity index (χ0) is 10.0. The van der Waals surface area contributed by atoms with Crippen LogP contribution >= 0.6 is 0 Å². The molecule has 2 nitrogen and oxygen atoms in total. The van der Waals surface area contributed by atoms with Gasteiger partial charge in [-0.1, -0.05) is 13.8 Å². The van der Waals surface area contributed by atoms with Crippen molar-refractivity contribution in [2.45, 2.75) is 39.7 Å². The number of nitrogens with zero attached hydrogens (tertiary/aromatic N) is 2. The first-order valence-corrected chi connectivity index (χ1v) is 4.33. The van der Waals surface area contributed by atoms with Crippen LogP contribution < -0.4 is 0 Å². The van der Waals surface area contributed by atoms with Crippen molar-refractivity contribution < 1.29 is 8.78 Å². The standard InChI is InChI=1S/C9H14F2N2/c1-6(2)8-4-7(3)13(12-8)5-9(10)11/h4,6,9H,5H2,1-3H3. The monoisotopic (exact) mass is 188 g/mol. The molecule has 1 rings (SSSR count). The number of aromatic nitrogens is 2. The van der Waals surface area contributed by atoms with E-state index in [9.17, 15) is 8.78 Å². The summed E-state index contributed by atoms with van der Waals surface area (Å²) in [7, 11) is 0. The fourth-order valence-electron chi connectivity index (χ4n) is 1.13. The Bertz CT molecular complexity index is 279. The molecule has 0 saturated heterocycles. The van der Waals surface area contributed by atoms with E-state index in [0.717, 1.165) is 11.4 Å². The molecule has 0 radical (unpaired) electrons. The van der Waals surface area contributed by atoms with E-state index >= 15 is 0 Å². The maximum absolute atomic E-state index is 12.1. The van der Waals surface area contributed by atoms with Gasteiger partial charge in [0.1, 0.15) is 6.54 Å². The molecule has 0 atom stereocenters. The van der Waals surface area contributed by atoms with Crippen molar-refractivity contribution in [1.29, 1.82) is 0 Å². The fourth-order valence-corrected chi connectivity index (χ4v) is 1.13. The quantitative estimate of drug-likeness (QED) is 0.712. The average Bonchev–Trinajstić information content (AvgIpc) is 2.31. The van der Waals surface area contributed by atoms with Gasteiger partial charge in [-0.3, -0.25) is 4.68 Å². The van der Waals surface area contributed by atoms with Gasteiger partial charge in [0.15, 0.2) is 0 Å². The van der Waals surface area contributed by atoms with Crippen molar-refractivity contribution in [3.05, 3.63) is 17.5 Å². The predicted octanol–water partition coefficient (Wildman–Crippen LogP) is 2.58. The third kappa shape index (κ3) is 2.50. The molecular formula is C9H14F2N2. The Labute approximate surface area is 76.6 Å². The van der Waals surface area contributed by atoms with Crippen LogP contribution in [-0.4, -0.2) is 16.2 Å². The van der Waals surface area contributed by atoms with E-state index in [1.165, 1.54) is 4.68 Å². The molecule has 0 aliphatic heterocycles. The molecule has 1 aromatic heterocycles. The van der Waals surface area contributed by atoms with E-state index in [1.807, 2.05) is 19.9 Å². The van der Waals surface area contributed by atoms with Crippen molar-refractivity contribution in [2.75, 3.05) is 0 Å². The number of hydrogen-bond acceptors (Lipinski definition) is 1. The highest BCUT2D eigenvalue weighted by molar-refractivity contribution is 5.11. The maximum atomic E-state index is 12.1. The van der Waals surface area contributed by atoms with Gasteiger partial charge in [-0.05, 0) is 18.9 Å². The van der Waals surface area contributed by atoms with Crippen LogP contribution in [0.1, 0.15) is 31.2 Å². The molecule has 0 N–H and O–H groups in total. The number of rotatable bonds is 3. The Morgan fingerprint density at radius 3 is 2.46 bits per heavy atom. The van der Waals surface area contributed by atoms with Gasteiger partial charge in [-0.2, -0.15) is 5.10 Å². The Morgan fingerprint density at radius 2 is 2.08 bits per heavy atom. The lowest BCUT2D eigenvalue weighted by atomic mass is 10.1. The smallest absolute Gasteiger partial charge is 0.257 e. The van der Waals surface area contributed by atoms with Crippen molar-refractivity contribution in [1.82, 2.24) is 9.78 Å². The van der Waals surface area contributed by atoms with Crippen molar-refractivity contribution in [2.24, 2.45) is 0 Å². The maximum Gasteiger partial charge on any atom is 0.257 e. The number of halogens is 2. The molecule has 1 aromatic rings. The van der Waals surface area contributed by atoms with Crippen LogP contribution in [0, 0.1) is 6.92 Å². The Balaban J connectivity index is 2.83. The van der Waals surface area contributed by atoms with Gasteiger partial charge in [-0.15, -0.1) is 0 Å². The highest BCUT2D eigenvalue weighted by Crippen LogP contribution is 2.14. The second-order valence-electron chi connectivity index (χ2n) is 3.44. The minimum atomic E-state index is -2.33. The first-order chi connectivity index (χ1) is 6.00. The first kappa shape index (κ1) is 10.2. The van der Waals surface area contributed by atoms with Crippen LogP contribution in [0.3, 0.4) is 0 Å². The summed E-state index contributed by atoms with van der Waals surface area (Å²) in [5.74, 6) is 0.289. The normalized spacial score (nSPS) is 11.6. The summed E-state index contributed by atoms with van der Waals surface area (Å²) >= 11 is 0. The molecule has 74 valence electrons. The van der Waals surface area contributed by atoms with Gasteiger partial charge in [-0.25, -0.2) is 8.78 Å². The summed E-state index contributed by atoms with van der Waals surface area (Å²) < 4.78 is 25.5. The van der Waals surface area contributed by atoms with E-state index < -0.39 is 6.43 Å². The van der Waals surface area contributed by atoms with Crippen LogP contribution in [0.5, 0.6) is 0 Å². The molecule has 0 amide bonds. The van der Waals surface area contributed by atoms with Crippen LogP contribution in [-0.2, 0) is 6.54 Å². The second-order valence-corrected chi connectivity index (χ2v) is 3.44. The zero-order valence-electron chi connectivity index (χ0n) is 8.09. The fraction of sp³-hybridized carbons (Fsp3) is 0.667. The van der Waals surface area contributed by atoms with Gasteiger partial charge in [0.2, 0.25) is 0 Å². The molecule has 4 heteroatoms. The minimum Gasteiger partial charge on any atom is -0.264 e. The Morgan fingerprint density at radius 1 is 1.46 bits per heavy atom. The molecule has 0 fully saturated rings. The molecule has 0 aliphatic rings. The van der Waals surface area contributed by atoms with Crippen molar-refractivity contribution >= 4 is 0 Å². The highest BCUT2D eigenvalue weighted by Gasteiger charge is 2.10. The van der Waals surface area contributed by atoms with E-state index in [0.29, 0.717) is 0 Å². The SMILES string of the molecule is Cc1cc(C(C)C)nn1CC(F)F. The lowest BCUT2D eigenvalue weighted by Crippen LogP contribution is -2.09. The van der Waals surface area contributed by atoms with Crippen LogP contribution in [0.25, 0.3) is 0 Å². The molecule has 13 heavy (non-hydrogen) atoms. The average molecular weight is 188 g/mol. The molecule has 0 saturated carbocycles. The lowest BCUT2D eigenvalue weighted by molar-refractivity contribution is 0.120. The largest absolute Gasteiger partial charge is 0.264 e. The van der Waals surface area contributed by atoms with Gasteiger partial charge >= 0.3 is 0 Å². The predicted molar refractivity (Wildman–Crippen MR) is 47.1 cm³/mol. The van der Waals surface area contributed by atoms with E-state index in [2.05, 4.69) is 5.10 Å². The summed E-state index contributed by atoms with van der Waals surface area (Å²) in [4.78, 5) is 0. The second kappa shape index (κ2) is 3.85. The molecule has 0 aromatic carbocycles. The summed E-state index contributed by atoms with van der Waals surface area (Å²) in [6.45, 7) is 5.47. The number of aryl methyl sites for hydroxylation is 1. The zero-order valence-corrected chi connectivity index (χ0v) is 8.09. The molecule has 0 unspecified atom stereocenters. The van der Waals surface area contributed by atoms with Crippen molar-refractivity contribution in [3.63, 3.8) is 0 Å². The van der Waals surface area contributed by atoms with Gasteiger partial charge in [0.25, 0.3) is 6.43 Å². The van der Waals surface area contributed by atoms with Gasteiger partial charge in [0, 0.05) is 5.69 Å². The summed E-state index contributed by atoms with van der Waals surface area (Å²) in [6.07, 6.45) is -2.33. The third-order valence-corrected chi connectivity index (χ3v) is 1.90. The van der Waals surface area contributed by atoms with Crippen LogP contribution in [0.2, 0.25) is 0 Å². The molecule has 0 aliphatic carbocycles. The number of hydrogen-bond donors (Lipinski definition) is 0. The topological polar surface area (TPSA) is 17.8 Å². The highest BCUT2D eigenvalue weighted by atomic mass is 19.3. The summed E-state index contributed by atoms with van der Waals surface area (Å²) in [5.41, 5.74) is 1.67. The Kier molecular flexibility index (Phi) is 3.01. The van der Waals surface area contributed by atoms with Crippen LogP contribution in [0.15, 0.2) is 6.07 Å². The molecule has 0 bridgehead atoms. The number of alkyl halides is 2. The van der Waals surface area contributed by atoms with Gasteiger partial charge in [0.05, 0.1) is 5.69 Å². The van der Waals surface area contributed by atoms with E-state index in [4.69, 9.17) is 0 Å². The minimum absolute atomic E-state index is 0.289. The summed E-state index contributed by atoms with van der Waals surface area (Å²) in [5, 5.41) is 4.09. The Hall–Kier alpha value is -0.930. The van der Waals surface area contributed by atoms with Crippen LogP contribution in [0.4, 0.5) is 8.78 Å². The van der Waals surface area contributed by atoms with E-state index in [-0.39, 0.29) is 12.5 Å². The lowest BCUT2D eigenvalue weighted by Gasteiger charge is -2.02. The molecule has 0 spiro atoms. The van der Waals surface area contributed by atoms with Gasteiger partial charge < -0.3 is 0 Å².